The van der Waals surface area contributed by atoms with Crippen molar-refractivity contribution in [3.05, 3.63) is 17.7 Å². The third-order valence-electron chi connectivity index (χ3n) is 4.77. The molecule has 21 heavy (non-hydrogen) atoms. The number of hydrogen-bond acceptors (Lipinski definition) is 3. The summed E-state index contributed by atoms with van der Waals surface area (Å²) in [6, 6.07) is 2.02. The quantitative estimate of drug-likeness (QED) is 0.859. The maximum absolute atomic E-state index is 12.9. The van der Waals surface area contributed by atoms with Crippen molar-refractivity contribution in [1.82, 2.24) is 4.98 Å². The van der Waals surface area contributed by atoms with Crippen LogP contribution < -0.4 is 10.6 Å². The second kappa shape index (κ2) is 5.39. The lowest BCUT2D eigenvalue weighted by atomic mass is 9.75. The topological polar surface area (TPSA) is 42.1 Å². The largest absolute Gasteiger partial charge is 0.416 e. The van der Waals surface area contributed by atoms with Gasteiger partial charge in [0.2, 0.25) is 0 Å². The lowest BCUT2D eigenvalue weighted by Gasteiger charge is -2.42. The zero-order chi connectivity index (χ0) is 15.0. The van der Waals surface area contributed by atoms with E-state index in [1.165, 1.54) is 25.7 Å². The Balaban J connectivity index is 1.82. The van der Waals surface area contributed by atoms with Crippen molar-refractivity contribution < 1.29 is 13.2 Å². The number of halogens is 3. The SMILES string of the molecule is Nc1cc(C(F)(F)F)cc(N2CCC3CCCCC3C2)n1. The van der Waals surface area contributed by atoms with E-state index in [1.54, 1.807) is 0 Å². The molecule has 3 rings (SSSR count). The van der Waals surface area contributed by atoms with E-state index < -0.39 is 11.7 Å². The molecule has 2 N–H and O–H groups in total. The van der Waals surface area contributed by atoms with Gasteiger partial charge in [-0.15, -0.1) is 0 Å². The van der Waals surface area contributed by atoms with Gasteiger partial charge in [-0.3, -0.25) is 0 Å². The van der Waals surface area contributed by atoms with Gasteiger partial charge in [0.15, 0.2) is 0 Å². The summed E-state index contributed by atoms with van der Waals surface area (Å²) in [5.74, 6) is 1.63. The number of hydrogen-bond donors (Lipinski definition) is 1. The van der Waals surface area contributed by atoms with Crippen LogP contribution in [0.15, 0.2) is 12.1 Å². The van der Waals surface area contributed by atoms with Gasteiger partial charge >= 0.3 is 6.18 Å². The highest BCUT2D eigenvalue weighted by Gasteiger charge is 2.34. The predicted molar refractivity (Wildman–Crippen MR) is 75.9 cm³/mol. The van der Waals surface area contributed by atoms with Crippen molar-refractivity contribution in [2.24, 2.45) is 11.8 Å². The van der Waals surface area contributed by atoms with Gasteiger partial charge in [0.1, 0.15) is 11.6 Å². The number of alkyl halides is 3. The molecule has 1 aliphatic heterocycles. The van der Waals surface area contributed by atoms with E-state index in [9.17, 15) is 13.2 Å². The van der Waals surface area contributed by atoms with Crippen LogP contribution in [-0.2, 0) is 6.18 Å². The number of nitrogens with zero attached hydrogens (tertiary/aromatic N) is 2. The van der Waals surface area contributed by atoms with Crippen LogP contribution in [0.4, 0.5) is 24.8 Å². The molecular weight excluding hydrogens is 279 g/mol. The number of anilines is 2. The van der Waals surface area contributed by atoms with Gasteiger partial charge in [-0.2, -0.15) is 13.2 Å². The van der Waals surface area contributed by atoms with Crippen LogP contribution in [0.25, 0.3) is 0 Å². The fraction of sp³-hybridized carbons (Fsp3) is 0.667. The smallest absolute Gasteiger partial charge is 0.384 e. The highest BCUT2D eigenvalue weighted by atomic mass is 19.4. The fourth-order valence-corrected chi connectivity index (χ4v) is 3.67. The molecule has 1 aromatic heterocycles. The first kappa shape index (κ1) is 14.5. The van der Waals surface area contributed by atoms with Gasteiger partial charge in [0.25, 0.3) is 0 Å². The fourth-order valence-electron chi connectivity index (χ4n) is 3.67. The minimum atomic E-state index is -4.38. The molecule has 0 spiro atoms. The van der Waals surface area contributed by atoms with Crippen LogP contribution in [0.3, 0.4) is 0 Å². The van der Waals surface area contributed by atoms with Crippen molar-refractivity contribution in [1.29, 1.82) is 0 Å². The summed E-state index contributed by atoms with van der Waals surface area (Å²) < 4.78 is 38.6. The molecule has 6 heteroatoms. The van der Waals surface area contributed by atoms with Gasteiger partial charge < -0.3 is 10.6 Å². The molecule has 1 saturated heterocycles. The van der Waals surface area contributed by atoms with Crippen LogP contribution in [-0.4, -0.2) is 18.1 Å². The molecule has 0 radical (unpaired) electrons. The van der Waals surface area contributed by atoms with Gasteiger partial charge in [-0.25, -0.2) is 4.98 Å². The lowest BCUT2D eigenvalue weighted by molar-refractivity contribution is -0.137. The molecule has 0 aromatic carbocycles. The van der Waals surface area contributed by atoms with Crippen LogP contribution in [0, 0.1) is 11.8 Å². The number of nitrogens with two attached hydrogens (primary N) is 1. The number of pyridine rings is 1. The van der Waals surface area contributed by atoms with Crippen LogP contribution in [0.5, 0.6) is 0 Å². The first-order valence-corrected chi connectivity index (χ1v) is 7.53. The van der Waals surface area contributed by atoms with Crippen molar-refractivity contribution >= 4 is 11.6 Å². The molecule has 1 aromatic rings. The summed E-state index contributed by atoms with van der Waals surface area (Å²) in [4.78, 5) is 6.08. The third-order valence-corrected chi connectivity index (χ3v) is 4.77. The zero-order valence-electron chi connectivity index (χ0n) is 11.9. The zero-order valence-corrected chi connectivity index (χ0v) is 11.9. The summed E-state index contributed by atoms with van der Waals surface area (Å²) in [5.41, 5.74) is 4.84. The monoisotopic (exact) mass is 299 g/mol. The Kier molecular flexibility index (Phi) is 3.71. The average Bonchev–Trinajstić information content (AvgIpc) is 2.45. The Labute approximate surface area is 122 Å². The van der Waals surface area contributed by atoms with Crippen molar-refractivity contribution in [2.45, 2.75) is 38.3 Å². The van der Waals surface area contributed by atoms with Crippen molar-refractivity contribution in [3.63, 3.8) is 0 Å². The highest BCUT2D eigenvalue weighted by molar-refractivity contribution is 5.49. The Bertz CT molecular complexity index is 515. The lowest BCUT2D eigenvalue weighted by Crippen LogP contribution is -2.42. The molecule has 2 aliphatic rings. The number of aromatic nitrogens is 1. The van der Waals surface area contributed by atoms with Crippen molar-refractivity contribution in [2.75, 3.05) is 23.7 Å². The Hall–Kier alpha value is -1.46. The molecule has 2 unspecified atom stereocenters. The molecule has 2 heterocycles. The number of rotatable bonds is 1. The molecule has 2 fully saturated rings. The summed E-state index contributed by atoms with van der Waals surface area (Å²) in [7, 11) is 0. The van der Waals surface area contributed by atoms with Crippen LogP contribution in [0.2, 0.25) is 0 Å². The number of piperidine rings is 1. The standard InChI is InChI=1S/C15H20F3N3/c16-15(17,18)12-7-13(19)20-14(8-12)21-6-5-10-3-1-2-4-11(10)9-21/h7-8,10-11H,1-6,9H2,(H2,19,20). The van der Waals surface area contributed by atoms with E-state index >= 15 is 0 Å². The first-order valence-electron chi connectivity index (χ1n) is 7.53. The normalized spacial score (nSPS) is 26.5. The maximum Gasteiger partial charge on any atom is 0.416 e. The number of nitrogen functional groups attached to an aromatic ring is 1. The molecule has 116 valence electrons. The summed E-state index contributed by atoms with van der Waals surface area (Å²) in [5, 5.41) is 0. The third kappa shape index (κ3) is 3.09. The molecular formula is C15H20F3N3. The van der Waals surface area contributed by atoms with Gasteiger partial charge in [-0.05, 0) is 36.8 Å². The van der Waals surface area contributed by atoms with Crippen LogP contribution >= 0.6 is 0 Å². The molecule has 2 atom stereocenters. The summed E-state index contributed by atoms with van der Waals surface area (Å²) in [6.07, 6.45) is 1.62. The minimum Gasteiger partial charge on any atom is -0.384 e. The van der Waals surface area contributed by atoms with Gasteiger partial charge in [0.05, 0.1) is 5.56 Å². The maximum atomic E-state index is 12.9. The van der Waals surface area contributed by atoms with E-state index in [2.05, 4.69) is 4.98 Å². The van der Waals surface area contributed by atoms with E-state index in [-0.39, 0.29) is 5.82 Å². The molecule has 1 aliphatic carbocycles. The summed E-state index contributed by atoms with van der Waals surface area (Å²) >= 11 is 0. The van der Waals surface area contributed by atoms with Gasteiger partial charge in [-0.1, -0.05) is 19.3 Å². The average molecular weight is 299 g/mol. The highest BCUT2D eigenvalue weighted by Crippen LogP contribution is 2.38. The molecule has 0 amide bonds. The van der Waals surface area contributed by atoms with E-state index in [0.29, 0.717) is 11.7 Å². The second-order valence-corrected chi connectivity index (χ2v) is 6.18. The Morgan fingerprint density at radius 2 is 1.81 bits per heavy atom. The predicted octanol–water partition coefficient (Wildman–Crippen LogP) is 3.70. The number of fused-ring (bicyclic) bond motifs is 1. The van der Waals surface area contributed by atoms with E-state index in [0.717, 1.165) is 37.6 Å². The molecule has 0 bridgehead atoms. The van der Waals surface area contributed by atoms with E-state index in [1.807, 2.05) is 4.90 Å². The first-order chi connectivity index (χ1) is 9.93. The van der Waals surface area contributed by atoms with Gasteiger partial charge in [0, 0.05) is 13.1 Å². The minimum absolute atomic E-state index is 0.0643. The molecule has 1 saturated carbocycles. The van der Waals surface area contributed by atoms with Crippen LogP contribution in [0.1, 0.15) is 37.7 Å². The van der Waals surface area contributed by atoms with Crippen molar-refractivity contribution in [3.8, 4) is 0 Å². The Morgan fingerprint density at radius 1 is 1.10 bits per heavy atom. The van der Waals surface area contributed by atoms with E-state index in [4.69, 9.17) is 5.73 Å². The Morgan fingerprint density at radius 3 is 2.52 bits per heavy atom. The summed E-state index contributed by atoms with van der Waals surface area (Å²) in [6.45, 7) is 1.58. The second-order valence-electron chi connectivity index (χ2n) is 6.18. The molecule has 3 nitrogen and oxygen atoms in total.